The van der Waals surface area contributed by atoms with E-state index >= 15 is 0 Å². The van der Waals surface area contributed by atoms with E-state index in [1.165, 1.54) is 62.6 Å². The van der Waals surface area contributed by atoms with E-state index in [2.05, 4.69) is 38.5 Å². The molecule has 4 heterocycles. The number of aromatic nitrogens is 2. The predicted molar refractivity (Wildman–Crippen MR) is 138 cm³/mol. The Morgan fingerprint density at radius 1 is 1.03 bits per heavy atom. The van der Waals surface area contributed by atoms with E-state index < -0.39 is 0 Å². The van der Waals surface area contributed by atoms with E-state index in [9.17, 15) is 4.79 Å². The number of hydrogen-bond acceptors (Lipinski definition) is 6. The molecule has 0 bridgehead atoms. The lowest BCUT2D eigenvalue weighted by atomic mass is 9.84. The van der Waals surface area contributed by atoms with Crippen LogP contribution in [0.15, 0.2) is 6.07 Å². The summed E-state index contributed by atoms with van der Waals surface area (Å²) in [6.07, 6.45) is 13.5. The average Bonchev–Trinajstić information content (AvgIpc) is 3.58. The van der Waals surface area contributed by atoms with Crippen LogP contribution >= 0.6 is 11.3 Å². The predicted octanol–water partition coefficient (Wildman–Crippen LogP) is 3.94. The Kier molecular flexibility index (Phi) is 6.43. The topological polar surface area (TPSA) is 74.2 Å². The molecule has 34 heavy (non-hydrogen) atoms. The molecule has 2 aromatic heterocycles. The highest BCUT2D eigenvalue weighted by Gasteiger charge is 2.39. The first-order valence-corrected chi connectivity index (χ1v) is 14.5. The fraction of sp³-hybridized carbons (Fsp3) is 0.769. The molecule has 4 aliphatic rings. The number of fused-ring (bicyclic) bond motifs is 1. The number of carbonyl (C=O) groups is 1. The van der Waals surface area contributed by atoms with Gasteiger partial charge in [-0.15, -0.1) is 11.3 Å². The van der Waals surface area contributed by atoms with Gasteiger partial charge in [0.05, 0.1) is 22.3 Å². The van der Waals surface area contributed by atoms with Gasteiger partial charge in [-0.2, -0.15) is 5.10 Å². The van der Waals surface area contributed by atoms with Gasteiger partial charge in [-0.25, -0.2) is 0 Å². The SMILES string of the molecule is Cc1nn(C2CCCCC2)c2sc(C(=O)NC3CCN(C4CCC5(CC4)NCCN5)CC3)cc12. The third-order valence-electron chi connectivity index (χ3n) is 8.95. The van der Waals surface area contributed by atoms with E-state index in [0.29, 0.717) is 12.1 Å². The van der Waals surface area contributed by atoms with Crippen molar-refractivity contribution >= 4 is 27.5 Å². The van der Waals surface area contributed by atoms with Crippen LogP contribution < -0.4 is 16.0 Å². The van der Waals surface area contributed by atoms with Gasteiger partial charge in [0.1, 0.15) is 4.83 Å². The zero-order valence-electron chi connectivity index (χ0n) is 20.6. The van der Waals surface area contributed by atoms with E-state index in [-0.39, 0.29) is 17.6 Å². The van der Waals surface area contributed by atoms with Crippen LogP contribution in [0.5, 0.6) is 0 Å². The highest BCUT2D eigenvalue weighted by Crippen LogP contribution is 2.36. The summed E-state index contributed by atoms with van der Waals surface area (Å²) in [5.74, 6) is 0.104. The van der Waals surface area contributed by atoms with Gasteiger partial charge in [0.15, 0.2) is 0 Å². The third-order valence-corrected chi connectivity index (χ3v) is 10.1. The Labute approximate surface area is 207 Å². The summed E-state index contributed by atoms with van der Waals surface area (Å²) in [6, 6.07) is 3.58. The molecule has 2 aliphatic carbocycles. The van der Waals surface area contributed by atoms with Crippen molar-refractivity contribution in [2.24, 2.45) is 0 Å². The maximum absolute atomic E-state index is 13.1. The average molecular weight is 485 g/mol. The van der Waals surface area contributed by atoms with Gasteiger partial charge < -0.3 is 10.2 Å². The summed E-state index contributed by atoms with van der Waals surface area (Å²) in [6.45, 7) is 6.50. The minimum atomic E-state index is 0.104. The second kappa shape index (κ2) is 9.52. The van der Waals surface area contributed by atoms with Crippen LogP contribution in [0.1, 0.15) is 92.0 Å². The molecule has 186 valence electrons. The molecule has 1 spiro atoms. The van der Waals surface area contributed by atoms with Gasteiger partial charge in [-0.3, -0.25) is 20.1 Å². The van der Waals surface area contributed by atoms with E-state index in [4.69, 9.17) is 5.10 Å². The molecule has 0 aromatic carbocycles. The molecule has 4 fully saturated rings. The quantitative estimate of drug-likeness (QED) is 0.613. The van der Waals surface area contributed by atoms with Crippen LogP contribution in [-0.2, 0) is 0 Å². The lowest BCUT2D eigenvalue weighted by Gasteiger charge is -2.44. The maximum Gasteiger partial charge on any atom is 0.261 e. The number of rotatable bonds is 4. The van der Waals surface area contributed by atoms with Crippen molar-refractivity contribution in [3.05, 3.63) is 16.6 Å². The highest BCUT2D eigenvalue weighted by molar-refractivity contribution is 7.20. The third kappa shape index (κ3) is 4.43. The molecular formula is C26H40N6OS. The molecule has 1 amide bonds. The molecule has 2 saturated carbocycles. The van der Waals surface area contributed by atoms with Gasteiger partial charge in [-0.05, 0) is 64.4 Å². The number of carbonyl (C=O) groups excluding carboxylic acids is 1. The van der Waals surface area contributed by atoms with E-state index in [0.717, 1.165) is 55.0 Å². The zero-order valence-corrected chi connectivity index (χ0v) is 21.4. The van der Waals surface area contributed by atoms with Gasteiger partial charge in [0.25, 0.3) is 5.91 Å². The Morgan fingerprint density at radius 3 is 2.44 bits per heavy atom. The summed E-state index contributed by atoms with van der Waals surface area (Å²) in [4.78, 5) is 17.9. The van der Waals surface area contributed by atoms with Gasteiger partial charge >= 0.3 is 0 Å². The highest BCUT2D eigenvalue weighted by atomic mass is 32.1. The number of piperidine rings is 1. The number of likely N-dealkylation sites (tertiary alicyclic amines) is 1. The number of nitrogens with one attached hydrogen (secondary N) is 3. The van der Waals surface area contributed by atoms with Crippen LogP contribution in [0.3, 0.4) is 0 Å². The first-order valence-electron chi connectivity index (χ1n) is 13.6. The minimum absolute atomic E-state index is 0.104. The summed E-state index contributed by atoms with van der Waals surface area (Å²) < 4.78 is 2.23. The number of aryl methyl sites for hydroxylation is 1. The fourth-order valence-corrected chi connectivity index (χ4v) is 8.04. The molecule has 8 heteroatoms. The van der Waals surface area contributed by atoms with E-state index in [1.807, 2.05) is 0 Å². The summed E-state index contributed by atoms with van der Waals surface area (Å²) in [7, 11) is 0. The summed E-state index contributed by atoms with van der Waals surface area (Å²) in [5.41, 5.74) is 1.28. The number of hydrogen-bond donors (Lipinski definition) is 3. The number of thiophene rings is 1. The monoisotopic (exact) mass is 484 g/mol. The molecule has 2 aromatic rings. The summed E-state index contributed by atoms with van der Waals surface area (Å²) in [5, 5.41) is 16.8. The standard InChI is InChI=1S/C26H40N6OS/c1-18-22-17-23(34-25(22)32(30-18)21-5-3-2-4-6-21)24(33)29-19-9-15-31(16-10-19)20-7-11-26(12-8-20)27-13-14-28-26/h17,19-21,27-28H,2-16H2,1H3,(H,29,33). The van der Waals surface area contributed by atoms with Crippen molar-refractivity contribution in [3.63, 3.8) is 0 Å². The fourth-order valence-electron chi connectivity index (χ4n) is 6.90. The van der Waals surface area contributed by atoms with Crippen molar-refractivity contribution in [1.82, 2.24) is 30.6 Å². The van der Waals surface area contributed by atoms with Gasteiger partial charge in [0, 0.05) is 43.6 Å². The second-order valence-corrected chi connectivity index (χ2v) is 12.1. The Hall–Kier alpha value is -1.48. The Bertz CT molecular complexity index is 1000. The molecule has 0 radical (unpaired) electrons. The molecule has 0 unspecified atom stereocenters. The zero-order chi connectivity index (χ0) is 23.1. The van der Waals surface area contributed by atoms with Crippen molar-refractivity contribution < 1.29 is 4.79 Å². The molecule has 7 nitrogen and oxygen atoms in total. The molecule has 3 N–H and O–H groups in total. The van der Waals surface area contributed by atoms with Crippen LogP contribution in [0, 0.1) is 6.92 Å². The maximum atomic E-state index is 13.1. The lowest BCUT2D eigenvalue weighted by molar-refractivity contribution is 0.0766. The number of amides is 1. The number of nitrogens with zero attached hydrogens (tertiary/aromatic N) is 3. The van der Waals surface area contributed by atoms with Crippen LogP contribution in [0.4, 0.5) is 0 Å². The molecule has 2 saturated heterocycles. The Morgan fingerprint density at radius 2 is 1.74 bits per heavy atom. The van der Waals surface area contributed by atoms with Crippen molar-refractivity contribution in [2.75, 3.05) is 26.2 Å². The van der Waals surface area contributed by atoms with Crippen LogP contribution in [-0.4, -0.2) is 64.5 Å². The van der Waals surface area contributed by atoms with Crippen LogP contribution in [0.2, 0.25) is 0 Å². The van der Waals surface area contributed by atoms with E-state index in [1.54, 1.807) is 11.3 Å². The molecule has 2 aliphatic heterocycles. The Balaban J connectivity index is 1.04. The van der Waals surface area contributed by atoms with Crippen LogP contribution in [0.25, 0.3) is 10.2 Å². The summed E-state index contributed by atoms with van der Waals surface area (Å²) >= 11 is 1.63. The van der Waals surface area contributed by atoms with Gasteiger partial charge in [-0.1, -0.05) is 19.3 Å². The second-order valence-electron chi connectivity index (χ2n) is 11.1. The first kappa shape index (κ1) is 23.0. The first-order chi connectivity index (χ1) is 16.6. The van der Waals surface area contributed by atoms with Crippen molar-refractivity contribution in [3.8, 4) is 0 Å². The molecule has 6 rings (SSSR count). The molecular weight excluding hydrogens is 444 g/mol. The minimum Gasteiger partial charge on any atom is -0.349 e. The smallest absolute Gasteiger partial charge is 0.261 e. The lowest BCUT2D eigenvalue weighted by Crippen LogP contribution is -2.55. The van der Waals surface area contributed by atoms with Gasteiger partial charge in [0.2, 0.25) is 0 Å². The molecule has 0 atom stereocenters. The largest absolute Gasteiger partial charge is 0.349 e. The normalized spacial score (nSPS) is 25.4. The van der Waals surface area contributed by atoms with Crippen molar-refractivity contribution in [2.45, 2.75) is 101 Å². The van der Waals surface area contributed by atoms with Crippen molar-refractivity contribution in [1.29, 1.82) is 0 Å².